The largest absolute Gasteiger partial charge is 0.479 e. The zero-order valence-electron chi connectivity index (χ0n) is 20.5. The quantitative estimate of drug-likeness (QED) is 0.453. The molecular weight excluding hydrogens is 454 g/mol. The summed E-state index contributed by atoms with van der Waals surface area (Å²) in [5, 5.41) is 0.194. The number of aliphatic imine (C=N–C) groups is 1. The molecule has 1 aromatic carbocycles. The van der Waals surface area contributed by atoms with Crippen molar-refractivity contribution in [3.05, 3.63) is 71.6 Å². The van der Waals surface area contributed by atoms with Crippen molar-refractivity contribution in [2.45, 2.75) is 39.8 Å². The summed E-state index contributed by atoms with van der Waals surface area (Å²) in [6.07, 6.45) is 4.87. The number of rotatable bonds is 4. The van der Waals surface area contributed by atoms with Crippen molar-refractivity contribution in [3.8, 4) is 11.6 Å². The van der Waals surface area contributed by atoms with E-state index in [1.165, 1.54) is 7.11 Å². The number of hydroxylamine groups is 1. The van der Waals surface area contributed by atoms with E-state index >= 15 is 0 Å². The second-order valence-corrected chi connectivity index (χ2v) is 7.95. The molecule has 2 atom stereocenters. The fourth-order valence-electron chi connectivity index (χ4n) is 4.07. The second-order valence-electron chi connectivity index (χ2n) is 7.95. The molecule has 0 bridgehead atoms. The Morgan fingerprint density at radius 1 is 1.11 bits per heavy atom. The van der Waals surface area contributed by atoms with E-state index in [2.05, 4.69) is 15.4 Å². The number of aryl methyl sites for hydroxylation is 2. The Labute approximate surface area is 202 Å². The highest BCUT2D eigenvalue weighted by molar-refractivity contribution is 5.97. The monoisotopic (exact) mass is 482 g/mol. The summed E-state index contributed by atoms with van der Waals surface area (Å²) in [5.74, 6) is -1.06. The number of fused-ring (bicyclic) bond motifs is 1. The molecule has 0 fully saturated rings. The van der Waals surface area contributed by atoms with Gasteiger partial charge in [-0.2, -0.15) is 0 Å². The van der Waals surface area contributed by atoms with Crippen LogP contribution in [-0.4, -0.2) is 38.2 Å². The zero-order chi connectivity index (χ0) is 25.3. The van der Waals surface area contributed by atoms with Gasteiger partial charge < -0.3 is 13.9 Å². The number of hydrogen-bond donors (Lipinski definition) is 1. The highest BCUT2D eigenvalue weighted by Crippen LogP contribution is 2.35. The molecule has 0 aliphatic carbocycles. The Balaban J connectivity index is 0.00000141. The summed E-state index contributed by atoms with van der Waals surface area (Å²) in [5.41, 5.74) is 5.99. The van der Waals surface area contributed by atoms with Gasteiger partial charge in [0.15, 0.2) is 17.5 Å². The number of nitrogens with zero attached hydrogens (tertiary/aromatic N) is 5. The first kappa shape index (κ1) is 24.3. The first-order valence-electron chi connectivity index (χ1n) is 11.4. The Kier molecular flexibility index (Phi) is 6.83. The van der Waals surface area contributed by atoms with Crippen molar-refractivity contribution < 1.29 is 18.4 Å². The summed E-state index contributed by atoms with van der Waals surface area (Å²) in [6, 6.07) is 5.71. The Bertz CT molecular complexity index is 1390. The SMILES string of the molecule is CC.COc1nc(C2=NC(c3cn(C)c4ccc(F)c(F)c34)C(C)ON2)ccc1-n1cnc(C)c1. The number of methoxy groups -OCH3 is 1. The average molecular weight is 483 g/mol. The van der Waals surface area contributed by atoms with Crippen molar-refractivity contribution in [1.82, 2.24) is 24.6 Å². The summed E-state index contributed by atoms with van der Waals surface area (Å²) in [6.45, 7) is 7.71. The lowest BCUT2D eigenvalue weighted by Gasteiger charge is -2.27. The lowest BCUT2D eigenvalue weighted by Crippen LogP contribution is -2.38. The van der Waals surface area contributed by atoms with E-state index in [0.717, 1.165) is 17.4 Å². The molecule has 4 aromatic rings. The van der Waals surface area contributed by atoms with Gasteiger partial charge in [0.1, 0.15) is 23.5 Å². The first-order valence-corrected chi connectivity index (χ1v) is 11.4. The summed E-state index contributed by atoms with van der Waals surface area (Å²) >= 11 is 0. The number of amidine groups is 1. The van der Waals surface area contributed by atoms with Gasteiger partial charge >= 0.3 is 0 Å². The number of halogens is 2. The van der Waals surface area contributed by atoms with E-state index in [-0.39, 0.29) is 5.39 Å². The molecule has 0 radical (unpaired) electrons. The maximum absolute atomic E-state index is 14.8. The van der Waals surface area contributed by atoms with E-state index in [0.29, 0.717) is 28.5 Å². The van der Waals surface area contributed by atoms with E-state index in [9.17, 15) is 8.78 Å². The maximum Gasteiger partial charge on any atom is 0.238 e. The van der Waals surface area contributed by atoms with Crippen LogP contribution in [0, 0.1) is 18.6 Å². The van der Waals surface area contributed by atoms with Gasteiger partial charge in [0.05, 0.1) is 24.6 Å². The van der Waals surface area contributed by atoms with Crippen LogP contribution in [-0.2, 0) is 11.9 Å². The van der Waals surface area contributed by atoms with Gasteiger partial charge in [-0.3, -0.25) is 9.83 Å². The van der Waals surface area contributed by atoms with Crippen molar-refractivity contribution in [3.63, 3.8) is 0 Å². The number of imidazole rings is 1. The van der Waals surface area contributed by atoms with Gasteiger partial charge in [-0.25, -0.2) is 24.2 Å². The molecule has 0 saturated carbocycles. The molecule has 2 unspecified atom stereocenters. The zero-order valence-corrected chi connectivity index (χ0v) is 20.5. The summed E-state index contributed by atoms with van der Waals surface area (Å²) < 4.78 is 37.8. The predicted molar refractivity (Wildman–Crippen MR) is 130 cm³/mol. The van der Waals surface area contributed by atoms with Crippen LogP contribution < -0.4 is 10.2 Å². The van der Waals surface area contributed by atoms with Gasteiger partial charge in [-0.05, 0) is 38.1 Å². The number of aromatic nitrogens is 4. The van der Waals surface area contributed by atoms with Crippen LogP contribution in [0.2, 0.25) is 0 Å². The molecule has 1 aliphatic heterocycles. The lowest BCUT2D eigenvalue weighted by atomic mass is 10.0. The molecule has 3 aromatic heterocycles. The van der Waals surface area contributed by atoms with Crippen LogP contribution in [0.3, 0.4) is 0 Å². The average Bonchev–Trinajstić information content (AvgIpc) is 3.45. The predicted octanol–water partition coefficient (Wildman–Crippen LogP) is 4.79. The van der Waals surface area contributed by atoms with E-state index in [1.54, 1.807) is 36.3 Å². The van der Waals surface area contributed by atoms with Crippen LogP contribution in [0.1, 0.15) is 43.8 Å². The van der Waals surface area contributed by atoms with Crippen molar-refractivity contribution in [1.29, 1.82) is 0 Å². The maximum atomic E-state index is 14.8. The molecule has 5 rings (SSSR count). The fraction of sp³-hybridized carbons (Fsp3) is 0.320. The molecule has 1 aliphatic rings. The molecule has 10 heteroatoms. The molecular formula is C25H28F2N6O2. The minimum atomic E-state index is -0.904. The molecule has 1 N–H and O–H groups in total. The third-order valence-electron chi connectivity index (χ3n) is 5.71. The van der Waals surface area contributed by atoms with Crippen LogP contribution in [0.4, 0.5) is 8.78 Å². The Morgan fingerprint density at radius 3 is 2.57 bits per heavy atom. The third kappa shape index (κ3) is 4.37. The first-order chi connectivity index (χ1) is 16.9. The molecule has 4 heterocycles. The molecule has 0 saturated heterocycles. The fourth-order valence-corrected chi connectivity index (χ4v) is 4.07. The number of pyridine rings is 1. The highest BCUT2D eigenvalue weighted by atomic mass is 19.2. The van der Waals surface area contributed by atoms with Gasteiger partial charge in [-0.1, -0.05) is 13.8 Å². The Hall–Kier alpha value is -3.79. The number of ether oxygens (including phenoxy) is 1. The van der Waals surface area contributed by atoms with Crippen molar-refractivity contribution in [2.75, 3.05) is 7.11 Å². The van der Waals surface area contributed by atoms with E-state index in [1.807, 2.05) is 44.5 Å². The molecule has 0 spiro atoms. The van der Waals surface area contributed by atoms with Crippen LogP contribution in [0.15, 0.2) is 48.0 Å². The van der Waals surface area contributed by atoms with Crippen LogP contribution >= 0.6 is 0 Å². The normalized spacial score (nSPS) is 17.4. The number of nitrogens with one attached hydrogen (secondary N) is 1. The van der Waals surface area contributed by atoms with E-state index in [4.69, 9.17) is 14.6 Å². The topological polar surface area (TPSA) is 78.5 Å². The highest BCUT2D eigenvalue weighted by Gasteiger charge is 2.31. The summed E-state index contributed by atoms with van der Waals surface area (Å²) in [4.78, 5) is 19.3. The molecule has 0 amide bonds. The number of benzene rings is 1. The molecule has 8 nitrogen and oxygen atoms in total. The van der Waals surface area contributed by atoms with Crippen LogP contribution in [0.25, 0.3) is 16.6 Å². The number of hydrogen-bond acceptors (Lipinski definition) is 6. The Morgan fingerprint density at radius 2 is 1.89 bits per heavy atom. The van der Waals surface area contributed by atoms with Gasteiger partial charge in [0, 0.05) is 30.4 Å². The molecule has 35 heavy (non-hydrogen) atoms. The second kappa shape index (κ2) is 9.83. The minimum Gasteiger partial charge on any atom is -0.479 e. The van der Waals surface area contributed by atoms with Gasteiger partial charge in [0.25, 0.3) is 0 Å². The van der Waals surface area contributed by atoms with Crippen LogP contribution in [0.5, 0.6) is 5.88 Å². The minimum absolute atomic E-state index is 0.194. The lowest BCUT2D eigenvalue weighted by molar-refractivity contribution is -0.00456. The van der Waals surface area contributed by atoms with Gasteiger partial charge in [0.2, 0.25) is 5.88 Å². The van der Waals surface area contributed by atoms with E-state index < -0.39 is 23.8 Å². The van der Waals surface area contributed by atoms with Crippen molar-refractivity contribution in [2.24, 2.45) is 12.0 Å². The standard InChI is InChI=1S/C23H22F2N6O2.C2H6/c1-12-9-31(11-26-12)18-8-6-16(27-23(18)32-4)22-28-21(13(2)33-29-22)14-10-30(3)17-7-5-15(24)20(25)19(14)17;1-2/h5-11,13,21H,1-4H3,(H,28,29);1-2H3. The summed E-state index contributed by atoms with van der Waals surface area (Å²) in [7, 11) is 3.31. The van der Waals surface area contributed by atoms with Gasteiger partial charge in [-0.15, -0.1) is 0 Å². The third-order valence-corrected chi connectivity index (χ3v) is 5.71. The van der Waals surface area contributed by atoms with Crippen molar-refractivity contribution >= 4 is 16.7 Å². The molecule has 184 valence electrons. The smallest absolute Gasteiger partial charge is 0.238 e.